The summed E-state index contributed by atoms with van der Waals surface area (Å²) in [5.41, 5.74) is 0.759. The molecule has 1 aromatic rings. The zero-order valence-electron chi connectivity index (χ0n) is 11.4. The van der Waals surface area contributed by atoms with Gasteiger partial charge in [-0.25, -0.2) is 0 Å². The van der Waals surface area contributed by atoms with Gasteiger partial charge in [0.05, 0.1) is 26.4 Å². The smallest absolute Gasteiger partial charge is 0.124 e. The Morgan fingerprint density at radius 3 is 2.95 bits per heavy atom. The number of aliphatic hydroxyl groups excluding tert-OH is 1. The number of rotatable bonds is 6. The summed E-state index contributed by atoms with van der Waals surface area (Å²) in [4.78, 5) is 0. The van der Waals surface area contributed by atoms with Gasteiger partial charge in [0.25, 0.3) is 0 Å². The largest absolute Gasteiger partial charge is 0.496 e. The van der Waals surface area contributed by atoms with Crippen molar-refractivity contribution in [1.82, 2.24) is 0 Å². The fourth-order valence-corrected chi connectivity index (χ4v) is 2.28. The molecule has 0 bridgehead atoms. The average molecular weight is 266 g/mol. The molecular weight excluding hydrogens is 244 g/mol. The van der Waals surface area contributed by atoms with E-state index in [9.17, 15) is 5.11 Å². The molecule has 0 saturated carbocycles. The Hall–Kier alpha value is -1.10. The molecule has 1 N–H and O–H groups in total. The van der Waals surface area contributed by atoms with Crippen LogP contribution >= 0.6 is 0 Å². The summed E-state index contributed by atoms with van der Waals surface area (Å²) in [5, 5.41) is 10.1. The minimum atomic E-state index is -0.667. The van der Waals surface area contributed by atoms with Crippen molar-refractivity contribution >= 4 is 0 Å². The van der Waals surface area contributed by atoms with Gasteiger partial charge in [-0.3, -0.25) is 0 Å². The monoisotopic (exact) mass is 266 g/mol. The lowest BCUT2D eigenvalue weighted by atomic mass is 10.1. The highest BCUT2D eigenvalue weighted by Crippen LogP contribution is 2.25. The molecule has 4 nitrogen and oxygen atoms in total. The Morgan fingerprint density at radius 2 is 2.21 bits per heavy atom. The lowest BCUT2D eigenvalue weighted by Crippen LogP contribution is -2.25. The van der Waals surface area contributed by atoms with Crippen LogP contribution in [0.2, 0.25) is 0 Å². The molecule has 106 valence electrons. The van der Waals surface area contributed by atoms with E-state index < -0.39 is 6.10 Å². The number of hydrogen-bond donors (Lipinski definition) is 1. The third kappa shape index (κ3) is 4.20. The Morgan fingerprint density at radius 1 is 1.37 bits per heavy atom. The molecule has 1 heterocycles. The molecule has 0 radical (unpaired) electrons. The van der Waals surface area contributed by atoms with E-state index in [0.717, 1.165) is 25.0 Å². The summed E-state index contributed by atoms with van der Waals surface area (Å²) in [5.74, 6) is 0.688. The van der Waals surface area contributed by atoms with Crippen molar-refractivity contribution in [3.05, 3.63) is 29.8 Å². The fourth-order valence-electron chi connectivity index (χ4n) is 2.28. The number of aliphatic hydroxyl groups is 1. The predicted molar refractivity (Wildman–Crippen MR) is 72.4 cm³/mol. The first-order chi connectivity index (χ1) is 9.31. The molecule has 1 aromatic carbocycles. The van der Waals surface area contributed by atoms with E-state index in [0.29, 0.717) is 12.4 Å². The molecule has 1 fully saturated rings. The van der Waals surface area contributed by atoms with Crippen molar-refractivity contribution < 1.29 is 19.3 Å². The van der Waals surface area contributed by atoms with Gasteiger partial charge in [0.2, 0.25) is 0 Å². The normalized spacial score (nSPS) is 21.1. The second-order valence-corrected chi connectivity index (χ2v) is 4.78. The van der Waals surface area contributed by atoms with E-state index in [-0.39, 0.29) is 12.7 Å². The summed E-state index contributed by atoms with van der Waals surface area (Å²) >= 11 is 0. The van der Waals surface area contributed by atoms with E-state index in [4.69, 9.17) is 14.2 Å². The predicted octanol–water partition coefficient (Wildman–Crippen LogP) is 2.31. The maximum Gasteiger partial charge on any atom is 0.124 e. The minimum absolute atomic E-state index is 0.179. The molecule has 2 rings (SSSR count). The molecule has 0 aliphatic carbocycles. The van der Waals surface area contributed by atoms with Gasteiger partial charge in [-0.2, -0.15) is 0 Å². The second kappa shape index (κ2) is 7.48. The summed E-state index contributed by atoms with van der Waals surface area (Å²) in [6.07, 6.45) is 2.90. The zero-order valence-corrected chi connectivity index (χ0v) is 11.4. The van der Waals surface area contributed by atoms with Crippen LogP contribution in [0.3, 0.4) is 0 Å². The molecule has 4 heteroatoms. The number of ether oxygens (including phenoxy) is 3. The van der Waals surface area contributed by atoms with Crippen LogP contribution in [0.4, 0.5) is 0 Å². The second-order valence-electron chi connectivity index (χ2n) is 4.78. The van der Waals surface area contributed by atoms with Crippen LogP contribution in [-0.2, 0) is 9.47 Å². The van der Waals surface area contributed by atoms with Crippen molar-refractivity contribution in [3.8, 4) is 5.75 Å². The fraction of sp³-hybridized carbons (Fsp3) is 0.600. The van der Waals surface area contributed by atoms with E-state index in [1.165, 1.54) is 6.42 Å². The number of para-hydroxylation sites is 1. The number of benzene rings is 1. The third-order valence-corrected chi connectivity index (χ3v) is 3.35. The van der Waals surface area contributed by atoms with Crippen LogP contribution in [0.1, 0.15) is 30.9 Å². The molecule has 2 atom stereocenters. The quantitative estimate of drug-likeness (QED) is 0.858. The highest BCUT2D eigenvalue weighted by molar-refractivity contribution is 5.34. The van der Waals surface area contributed by atoms with E-state index in [1.807, 2.05) is 24.3 Å². The summed E-state index contributed by atoms with van der Waals surface area (Å²) in [6.45, 7) is 1.63. The van der Waals surface area contributed by atoms with Gasteiger partial charge in [0, 0.05) is 12.2 Å². The summed E-state index contributed by atoms with van der Waals surface area (Å²) in [7, 11) is 1.60. The van der Waals surface area contributed by atoms with Crippen LogP contribution in [0.15, 0.2) is 24.3 Å². The zero-order chi connectivity index (χ0) is 13.5. The first-order valence-corrected chi connectivity index (χ1v) is 6.81. The Kier molecular flexibility index (Phi) is 5.63. The summed E-state index contributed by atoms with van der Waals surface area (Å²) in [6, 6.07) is 7.45. The average Bonchev–Trinajstić information content (AvgIpc) is 2.48. The first kappa shape index (κ1) is 14.3. The summed E-state index contributed by atoms with van der Waals surface area (Å²) < 4.78 is 16.4. The topological polar surface area (TPSA) is 47.9 Å². The van der Waals surface area contributed by atoms with E-state index in [2.05, 4.69) is 0 Å². The highest BCUT2D eigenvalue weighted by Gasteiger charge is 2.16. The number of hydrogen-bond acceptors (Lipinski definition) is 4. The van der Waals surface area contributed by atoms with Crippen LogP contribution < -0.4 is 4.74 Å². The van der Waals surface area contributed by atoms with Crippen LogP contribution in [-0.4, -0.2) is 38.1 Å². The standard InChI is InChI=1S/C15H22O4/c1-17-15-8-3-2-7-13(15)14(16)11-18-10-12-6-4-5-9-19-12/h2-3,7-8,12,14,16H,4-6,9-11H2,1H3. The first-order valence-electron chi connectivity index (χ1n) is 6.81. The van der Waals surface area contributed by atoms with Gasteiger partial charge in [-0.15, -0.1) is 0 Å². The third-order valence-electron chi connectivity index (χ3n) is 3.35. The van der Waals surface area contributed by atoms with Crippen molar-refractivity contribution in [2.45, 2.75) is 31.5 Å². The van der Waals surface area contributed by atoms with Gasteiger partial charge in [0.15, 0.2) is 0 Å². The van der Waals surface area contributed by atoms with Crippen LogP contribution in [0, 0.1) is 0 Å². The van der Waals surface area contributed by atoms with Crippen LogP contribution in [0.25, 0.3) is 0 Å². The van der Waals surface area contributed by atoms with E-state index >= 15 is 0 Å². The van der Waals surface area contributed by atoms with Gasteiger partial charge in [-0.1, -0.05) is 18.2 Å². The molecule has 0 amide bonds. The molecular formula is C15H22O4. The van der Waals surface area contributed by atoms with Gasteiger partial charge in [-0.05, 0) is 25.3 Å². The maximum absolute atomic E-state index is 10.1. The molecule has 1 saturated heterocycles. The molecule has 1 aliphatic heterocycles. The van der Waals surface area contributed by atoms with Crippen molar-refractivity contribution in [1.29, 1.82) is 0 Å². The van der Waals surface area contributed by atoms with Crippen LogP contribution in [0.5, 0.6) is 5.75 Å². The lowest BCUT2D eigenvalue weighted by molar-refractivity contribution is -0.0576. The molecule has 0 aromatic heterocycles. The minimum Gasteiger partial charge on any atom is -0.496 e. The van der Waals surface area contributed by atoms with Crippen molar-refractivity contribution in [2.75, 3.05) is 26.9 Å². The highest BCUT2D eigenvalue weighted by atomic mass is 16.5. The Bertz CT molecular complexity index is 374. The lowest BCUT2D eigenvalue weighted by Gasteiger charge is -2.23. The molecule has 19 heavy (non-hydrogen) atoms. The van der Waals surface area contributed by atoms with Gasteiger partial charge >= 0.3 is 0 Å². The Labute approximate surface area is 114 Å². The molecule has 1 aliphatic rings. The van der Waals surface area contributed by atoms with Crippen molar-refractivity contribution in [3.63, 3.8) is 0 Å². The van der Waals surface area contributed by atoms with Crippen molar-refractivity contribution in [2.24, 2.45) is 0 Å². The molecule has 0 spiro atoms. The van der Waals surface area contributed by atoms with Gasteiger partial charge < -0.3 is 19.3 Å². The van der Waals surface area contributed by atoms with Gasteiger partial charge in [0.1, 0.15) is 11.9 Å². The number of methoxy groups -OCH3 is 1. The van der Waals surface area contributed by atoms with E-state index in [1.54, 1.807) is 7.11 Å². The maximum atomic E-state index is 10.1. The molecule has 2 unspecified atom stereocenters. The Balaban J connectivity index is 1.78. The SMILES string of the molecule is COc1ccccc1C(O)COCC1CCCCO1.